The largest absolute Gasteiger partial charge is 0.394 e. The quantitative estimate of drug-likeness (QED) is 0.746. The van der Waals surface area contributed by atoms with Crippen LogP contribution in [0.3, 0.4) is 0 Å². The van der Waals surface area contributed by atoms with Crippen molar-refractivity contribution in [3.05, 3.63) is 0 Å². The Kier molecular flexibility index (Phi) is 5.22. The first kappa shape index (κ1) is 13.5. The summed E-state index contributed by atoms with van der Waals surface area (Å²) in [5.41, 5.74) is -0.374. The van der Waals surface area contributed by atoms with Crippen molar-refractivity contribution in [1.29, 1.82) is 0 Å². The summed E-state index contributed by atoms with van der Waals surface area (Å²) >= 11 is 0. The smallest absolute Gasteiger partial charge is 0.236 e. The van der Waals surface area contributed by atoms with Crippen LogP contribution in [0.4, 0.5) is 0 Å². The van der Waals surface area contributed by atoms with E-state index in [1.54, 1.807) is 0 Å². The highest BCUT2D eigenvalue weighted by Crippen LogP contribution is 2.09. The lowest BCUT2D eigenvalue weighted by Crippen LogP contribution is -2.48. The maximum atomic E-state index is 11.9. The molecule has 1 aliphatic rings. The number of aliphatic hydroxyl groups is 1. The van der Waals surface area contributed by atoms with Gasteiger partial charge < -0.3 is 15.3 Å². The van der Waals surface area contributed by atoms with Crippen molar-refractivity contribution in [2.45, 2.75) is 45.1 Å². The van der Waals surface area contributed by atoms with Crippen molar-refractivity contribution in [2.24, 2.45) is 0 Å². The Labute approximate surface area is 98.0 Å². The normalized spacial score (nSPS) is 18.3. The standard InChI is InChI=1S/C12H24N2O2/c1-12(2,10-15)13-9-11(16)14-7-5-3-4-6-8-14/h13,15H,3-10H2,1-2H3. The SMILES string of the molecule is CC(C)(CO)NCC(=O)N1CCCCCC1. The van der Waals surface area contributed by atoms with Crippen molar-refractivity contribution in [1.82, 2.24) is 10.2 Å². The molecule has 1 rings (SSSR count). The maximum Gasteiger partial charge on any atom is 0.236 e. The lowest BCUT2D eigenvalue weighted by molar-refractivity contribution is -0.130. The molecule has 4 heteroatoms. The number of rotatable bonds is 4. The molecule has 0 aliphatic carbocycles. The van der Waals surface area contributed by atoms with E-state index in [0.717, 1.165) is 25.9 Å². The van der Waals surface area contributed by atoms with Gasteiger partial charge in [0, 0.05) is 18.6 Å². The number of carbonyl (C=O) groups is 1. The van der Waals surface area contributed by atoms with Gasteiger partial charge >= 0.3 is 0 Å². The Morgan fingerprint density at radius 1 is 1.25 bits per heavy atom. The number of likely N-dealkylation sites (tertiary alicyclic amines) is 1. The van der Waals surface area contributed by atoms with E-state index >= 15 is 0 Å². The zero-order valence-corrected chi connectivity index (χ0v) is 10.5. The number of carbonyl (C=O) groups excluding carboxylic acids is 1. The van der Waals surface area contributed by atoms with Gasteiger partial charge in [-0.25, -0.2) is 0 Å². The number of aliphatic hydroxyl groups excluding tert-OH is 1. The molecule has 94 valence electrons. The Morgan fingerprint density at radius 3 is 2.31 bits per heavy atom. The first-order valence-corrected chi connectivity index (χ1v) is 6.19. The molecule has 0 radical (unpaired) electrons. The van der Waals surface area contributed by atoms with Crippen LogP contribution < -0.4 is 5.32 Å². The fourth-order valence-corrected chi connectivity index (χ4v) is 1.80. The van der Waals surface area contributed by atoms with Gasteiger partial charge in [-0.1, -0.05) is 12.8 Å². The molecular weight excluding hydrogens is 204 g/mol. The summed E-state index contributed by atoms with van der Waals surface area (Å²) in [6.07, 6.45) is 4.71. The van der Waals surface area contributed by atoms with E-state index in [2.05, 4.69) is 5.32 Å². The molecule has 1 amide bonds. The summed E-state index contributed by atoms with van der Waals surface area (Å²) < 4.78 is 0. The van der Waals surface area contributed by atoms with Crippen LogP contribution in [0.1, 0.15) is 39.5 Å². The predicted molar refractivity (Wildman–Crippen MR) is 64.2 cm³/mol. The topological polar surface area (TPSA) is 52.6 Å². The van der Waals surface area contributed by atoms with E-state index in [0.29, 0.717) is 6.54 Å². The Balaban J connectivity index is 2.33. The highest BCUT2D eigenvalue weighted by Gasteiger charge is 2.20. The van der Waals surface area contributed by atoms with Crippen LogP contribution in [-0.4, -0.2) is 47.7 Å². The van der Waals surface area contributed by atoms with Crippen LogP contribution in [0.2, 0.25) is 0 Å². The number of nitrogens with one attached hydrogen (secondary N) is 1. The fraction of sp³-hybridized carbons (Fsp3) is 0.917. The van der Waals surface area contributed by atoms with Crippen molar-refractivity contribution in [2.75, 3.05) is 26.2 Å². The lowest BCUT2D eigenvalue weighted by Gasteiger charge is -2.26. The van der Waals surface area contributed by atoms with Gasteiger partial charge in [0.25, 0.3) is 0 Å². The minimum absolute atomic E-state index is 0.0419. The van der Waals surface area contributed by atoms with E-state index in [1.165, 1.54) is 12.8 Å². The minimum atomic E-state index is -0.374. The summed E-state index contributed by atoms with van der Waals surface area (Å²) in [6, 6.07) is 0. The molecule has 0 aromatic rings. The molecule has 0 saturated carbocycles. The molecule has 1 fully saturated rings. The second-order valence-electron chi connectivity index (χ2n) is 5.19. The predicted octanol–water partition coefficient (Wildman–Crippen LogP) is 0.749. The van der Waals surface area contributed by atoms with Crippen LogP contribution in [0.25, 0.3) is 0 Å². The molecule has 0 aromatic heterocycles. The second kappa shape index (κ2) is 6.21. The second-order valence-corrected chi connectivity index (χ2v) is 5.19. The molecule has 0 aromatic carbocycles. The zero-order valence-electron chi connectivity index (χ0n) is 10.5. The Morgan fingerprint density at radius 2 is 1.81 bits per heavy atom. The molecule has 1 aliphatic heterocycles. The van der Waals surface area contributed by atoms with Gasteiger partial charge in [-0.3, -0.25) is 4.79 Å². The minimum Gasteiger partial charge on any atom is -0.394 e. The highest BCUT2D eigenvalue weighted by molar-refractivity contribution is 5.78. The van der Waals surface area contributed by atoms with Crippen LogP contribution in [0.15, 0.2) is 0 Å². The van der Waals surface area contributed by atoms with Crippen LogP contribution in [0, 0.1) is 0 Å². The van der Waals surface area contributed by atoms with Crippen LogP contribution in [-0.2, 0) is 4.79 Å². The van der Waals surface area contributed by atoms with Gasteiger partial charge in [-0.15, -0.1) is 0 Å². The number of hydrogen-bond donors (Lipinski definition) is 2. The van der Waals surface area contributed by atoms with Crippen molar-refractivity contribution >= 4 is 5.91 Å². The van der Waals surface area contributed by atoms with Gasteiger partial charge in [0.1, 0.15) is 0 Å². The molecular formula is C12H24N2O2. The molecule has 0 atom stereocenters. The summed E-state index contributed by atoms with van der Waals surface area (Å²) in [7, 11) is 0. The summed E-state index contributed by atoms with van der Waals surface area (Å²) in [6.45, 7) is 5.93. The molecule has 0 spiro atoms. The molecule has 0 bridgehead atoms. The Bertz CT molecular complexity index is 221. The third-order valence-electron chi connectivity index (χ3n) is 3.07. The van der Waals surface area contributed by atoms with Gasteiger partial charge in [0.15, 0.2) is 0 Å². The summed E-state index contributed by atoms with van der Waals surface area (Å²) in [5, 5.41) is 12.2. The zero-order chi connectivity index (χ0) is 12.0. The Hall–Kier alpha value is -0.610. The van der Waals surface area contributed by atoms with E-state index in [1.807, 2.05) is 18.7 Å². The number of hydrogen-bond acceptors (Lipinski definition) is 3. The third-order valence-corrected chi connectivity index (χ3v) is 3.07. The van der Waals surface area contributed by atoms with E-state index in [9.17, 15) is 4.79 Å². The van der Waals surface area contributed by atoms with Crippen molar-refractivity contribution < 1.29 is 9.90 Å². The molecule has 2 N–H and O–H groups in total. The average Bonchev–Trinajstić information content (AvgIpc) is 2.54. The monoisotopic (exact) mass is 228 g/mol. The van der Waals surface area contributed by atoms with Gasteiger partial charge in [0.05, 0.1) is 13.2 Å². The van der Waals surface area contributed by atoms with E-state index in [-0.39, 0.29) is 18.1 Å². The summed E-state index contributed by atoms with van der Waals surface area (Å²) in [5.74, 6) is 0.156. The summed E-state index contributed by atoms with van der Waals surface area (Å²) in [4.78, 5) is 13.8. The lowest BCUT2D eigenvalue weighted by atomic mass is 10.1. The molecule has 16 heavy (non-hydrogen) atoms. The maximum absolute atomic E-state index is 11.9. The molecule has 0 unspecified atom stereocenters. The first-order chi connectivity index (χ1) is 7.55. The van der Waals surface area contributed by atoms with Crippen molar-refractivity contribution in [3.63, 3.8) is 0 Å². The molecule has 4 nitrogen and oxygen atoms in total. The van der Waals surface area contributed by atoms with Crippen LogP contribution in [0.5, 0.6) is 0 Å². The van der Waals surface area contributed by atoms with Gasteiger partial charge in [-0.2, -0.15) is 0 Å². The van der Waals surface area contributed by atoms with Crippen LogP contribution >= 0.6 is 0 Å². The average molecular weight is 228 g/mol. The highest BCUT2D eigenvalue weighted by atomic mass is 16.3. The third kappa shape index (κ3) is 4.49. The van der Waals surface area contributed by atoms with Gasteiger partial charge in [-0.05, 0) is 26.7 Å². The molecule has 1 saturated heterocycles. The number of amides is 1. The van der Waals surface area contributed by atoms with Gasteiger partial charge in [0.2, 0.25) is 5.91 Å². The number of nitrogens with zero attached hydrogens (tertiary/aromatic N) is 1. The van der Waals surface area contributed by atoms with E-state index < -0.39 is 0 Å². The van der Waals surface area contributed by atoms with E-state index in [4.69, 9.17) is 5.11 Å². The first-order valence-electron chi connectivity index (χ1n) is 6.19. The van der Waals surface area contributed by atoms with Crippen molar-refractivity contribution in [3.8, 4) is 0 Å². The fourth-order valence-electron chi connectivity index (χ4n) is 1.80. The molecule has 1 heterocycles.